The Labute approximate surface area is 114 Å². The molecule has 2 saturated heterocycles. The van der Waals surface area contributed by atoms with E-state index in [0.717, 1.165) is 36.8 Å². The predicted octanol–water partition coefficient (Wildman–Crippen LogP) is 1.75. The van der Waals surface area contributed by atoms with E-state index in [1.54, 1.807) is 0 Å². The van der Waals surface area contributed by atoms with Gasteiger partial charge in [0.1, 0.15) is 0 Å². The van der Waals surface area contributed by atoms with Crippen LogP contribution in [-0.2, 0) is 10.8 Å². The first-order valence-electron chi connectivity index (χ1n) is 7.42. The number of hydrogen-bond acceptors (Lipinski definition) is 3. The first-order valence-corrected chi connectivity index (χ1v) is 9.15. The van der Waals surface area contributed by atoms with Crippen molar-refractivity contribution in [1.82, 2.24) is 10.2 Å². The predicted molar refractivity (Wildman–Crippen MR) is 78.4 cm³/mol. The van der Waals surface area contributed by atoms with Crippen LogP contribution in [0.3, 0.4) is 0 Å². The molecule has 4 heteroatoms. The van der Waals surface area contributed by atoms with E-state index < -0.39 is 10.8 Å². The summed E-state index contributed by atoms with van der Waals surface area (Å²) in [5.41, 5.74) is 0. The van der Waals surface area contributed by atoms with Crippen LogP contribution in [0.15, 0.2) is 0 Å². The van der Waals surface area contributed by atoms with E-state index in [9.17, 15) is 4.21 Å². The Hall–Kier alpha value is 0.0700. The molecule has 2 heterocycles. The fraction of sp³-hybridized carbons (Fsp3) is 1.00. The van der Waals surface area contributed by atoms with Crippen LogP contribution in [0.25, 0.3) is 0 Å². The molecule has 18 heavy (non-hydrogen) atoms. The molecular weight excluding hydrogens is 244 g/mol. The summed E-state index contributed by atoms with van der Waals surface area (Å²) in [6, 6.07) is 2.88. The van der Waals surface area contributed by atoms with Gasteiger partial charge in [0, 0.05) is 47.0 Å². The molecule has 0 aromatic rings. The van der Waals surface area contributed by atoms with Gasteiger partial charge in [-0.05, 0) is 45.6 Å². The SMILES string of the molecule is CCNC1CC2CCC(C1)N2C(C)CCS(C)=O. The van der Waals surface area contributed by atoms with Crippen LogP contribution in [0.5, 0.6) is 0 Å². The van der Waals surface area contributed by atoms with Gasteiger partial charge in [-0.1, -0.05) is 6.92 Å². The van der Waals surface area contributed by atoms with Crippen LogP contribution in [0, 0.1) is 0 Å². The van der Waals surface area contributed by atoms with Gasteiger partial charge in [0.2, 0.25) is 0 Å². The van der Waals surface area contributed by atoms with Gasteiger partial charge in [0.15, 0.2) is 0 Å². The zero-order chi connectivity index (χ0) is 13.1. The summed E-state index contributed by atoms with van der Waals surface area (Å²) in [7, 11) is -0.642. The number of nitrogens with one attached hydrogen (secondary N) is 1. The lowest BCUT2D eigenvalue weighted by Crippen LogP contribution is -2.52. The molecule has 4 atom stereocenters. The lowest BCUT2D eigenvalue weighted by molar-refractivity contribution is 0.0764. The second kappa shape index (κ2) is 6.49. The monoisotopic (exact) mass is 272 g/mol. The summed E-state index contributed by atoms with van der Waals surface area (Å²) in [6.45, 7) is 5.62. The average molecular weight is 272 g/mol. The zero-order valence-electron chi connectivity index (χ0n) is 12.0. The number of hydrogen-bond donors (Lipinski definition) is 1. The minimum atomic E-state index is -0.642. The van der Waals surface area contributed by atoms with Gasteiger partial charge in [-0.3, -0.25) is 9.11 Å². The standard InChI is InChI=1S/C14H28N2OS/c1-4-15-12-9-13-5-6-14(10-12)16(13)11(2)7-8-18(3)17/h11-15H,4-10H2,1-3H3. The first kappa shape index (κ1) is 14.5. The van der Waals surface area contributed by atoms with E-state index in [4.69, 9.17) is 0 Å². The normalized spacial score (nSPS) is 35.6. The summed E-state index contributed by atoms with van der Waals surface area (Å²) in [5.74, 6) is 0.855. The molecular formula is C14H28N2OS. The maximum atomic E-state index is 11.2. The van der Waals surface area contributed by atoms with Crippen LogP contribution < -0.4 is 5.32 Å². The van der Waals surface area contributed by atoms with Gasteiger partial charge >= 0.3 is 0 Å². The molecule has 2 aliphatic heterocycles. The molecule has 1 N–H and O–H groups in total. The number of fused-ring (bicyclic) bond motifs is 2. The average Bonchev–Trinajstić information content (AvgIpc) is 2.58. The quantitative estimate of drug-likeness (QED) is 0.799. The molecule has 0 radical (unpaired) electrons. The van der Waals surface area contributed by atoms with Gasteiger partial charge in [-0.15, -0.1) is 0 Å². The van der Waals surface area contributed by atoms with Crippen LogP contribution in [-0.4, -0.2) is 51.8 Å². The van der Waals surface area contributed by atoms with E-state index in [1.807, 2.05) is 6.26 Å². The highest BCUT2D eigenvalue weighted by Gasteiger charge is 2.42. The summed E-state index contributed by atoms with van der Waals surface area (Å²) >= 11 is 0. The fourth-order valence-corrected chi connectivity index (χ4v) is 4.55. The molecule has 2 fully saturated rings. The third-order valence-electron chi connectivity index (χ3n) is 4.61. The summed E-state index contributed by atoms with van der Waals surface area (Å²) in [5, 5.41) is 3.62. The van der Waals surface area contributed by atoms with Gasteiger partial charge < -0.3 is 5.32 Å². The summed E-state index contributed by atoms with van der Waals surface area (Å²) < 4.78 is 11.2. The number of piperidine rings is 1. The van der Waals surface area contributed by atoms with Gasteiger partial charge in [0.05, 0.1) is 0 Å². The minimum Gasteiger partial charge on any atom is -0.314 e. The third-order valence-corrected chi connectivity index (χ3v) is 5.43. The minimum absolute atomic E-state index is 0.606. The lowest BCUT2D eigenvalue weighted by atomic mass is 9.95. The molecule has 3 nitrogen and oxygen atoms in total. The Balaban J connectivity index is 1.89. The molecule has 0 amide bonds. The Morgan fingerprint density at radius 3 is 2.44 bits per heavy atom. The van der Waals surface area contributed by atoms with E-state index in [0.29, 0.717) is 6.04 Å². The maximum absolute atomic E-state index is 11.2. The van der Waals surface area contributed by atoms with Crippen molar-refractivity contribution in [2.45, 2.75) is 70.1 Å². The molecule has 106 valence electrons. The molecule has 2 rings (SSSR count). The Morgan fingerprint density at radius 1 is 1.33 bits per heavy atom. The fourth-order valence-electron chi connectivity index (χ4n) is 3.87. The van der Waals surface area contributed by atoms with Crippen molar-refractivity contribution >= 4 is 10.8 Å². The summed E-state index contributed by atoms with van der Waals surface area (Å²) in [4.78, 5) is 2.74. The number of rotatable bonds is 6. The van der Waals surface area contributed by atoms with E-state index in [-0.39, 0.29) is 0 Å². The van der Waals surface area contributed by atoms with Crippen molar-refractivity contribution in [1.29, 1.82) is 0 Å². The highest BCUT2D eigenvalue weighted by molar-refractivity contribution is 7.84. The van der Waals surface area contributed by atoms with Crippen molar-refractivity contribution in [2.75, 3.05) is 18.6 Å². The Morgan fingerprint density at radius 2 is 1.94 bits per heavy atom. The van der Waals surface area contributed by atoms with Crippen molar-refractivity contribution in [2.24, 2.45) is 0 Å². The number of nitrogens with zero attached hydrogens (tertiary/aromatic N) is 1. The Kier molecular flexibility index (Phi) is 5.22. The largest absolute Gasteiger partial charge is 0.314 e. The molecule has 0 aromatic heterocycles. The van der Waals surface area contributed by atoms with Crippen LogP contribution >= 0.6 is 0 Å². The van der Waals surface area contributed by atoms with E-state index in [1.165, 1.54) is 25.7 Å². The van der Waals surface area contributed by atoms with Crippen molar-refractivity contribution in [3.8, 4) is 0 Å². The van der Waals surface area contributed by atoms with Crippen LogP contribution in [0.2, 0.25) is 0 Å². The molecule has 2 aliphatic rings. The zero-order valence-corrected chi connectivity index (χ0v) is 12.8. The van der Waals surface area contributed by atoms with E-state index in [2.05, 4.69) is 24.1 Å². The molecule has 0 aromatic carbocycles. The van der Waals surface area contributed by atoms with Gasteiger partial charge in [0.25, 0.3) is 0 Å². The molecule has 0 saturated carbocycles. The molecule has 4 unspecified atom stereocenters. The van der Waals surface area contributed by atoms with Crippen LogP contribution in [0.4, 0.5) is 0 Å². The van der Waals surface area contributed by atoms with Crippen molar-refractivity contribution in [3.63, 3.8) is 0 Å². The topological polar surface area (TPSA) is 32.3 Å². The Bertz CT molecular complexity index is 284. The van der Waals surface area contributed by atoms with Gasteiger partial charge in [-0.2, -0.15) is 0 Å². The molecule has 2 bridgehead atoms. The second-order valence-corrected chi connectivity index (χ2v) is 7.53. The van der Waals surface area contributed by atoms with Crippen molar-refractivity contribution < 1.29 is 4.21 Å². The van der Waals surface area contributed by atoms with Gasteiger partial charge in [-0.25, -0.2) is 0 Å². The van der Waals surface area contributed by atoms with Crippen LogP contribution in [0.1, 0.15) is 46.0 Å². The molecule has 0 spiro atoms. The third kappa shape index (κ3) is 3.34. The highest BCUT2D eigenvalue weighted by atomic mass is 32.2. The molecule has 0 aliphatic carbocycles. The maximum Gasteiger partial charge on any atom is 0.0246 e. The summed E-state index contributed by atoms with van der Waals surface area (Å²) in [6.07, 6.45) is 8.26. The smallest absolute Gasteiger partial charge is 0.0246 e. The first-order chi connectivity index (χ1) is 8.61. The second-order valence-electron chi connectivity index (χ2n) is 5.97. The van der Waals surface area contributed by atoms with Crippen molar-refractivity contribution in [3.05, 3.63) is 0 Å². The lowest BCUT2D eigenvalue weighted by Gasteiger charge is -2.42. The van der Waals surface area contributed by atoms with E-state index >= 15 is 0 Å². The highest BCUT2D eigenvalue weighted by Crippen LogP contribution is 2.37.